The first-order valence-corrected chi connectivity index (χ1v) is 11.4. The molecule has 0 bridgehead atoms. The number of nitrogens with zero attached hydrogens (tertiary/aromatic N) is 3. The minimum absolute atomic E-state index is 0.0458. The van der Waals surface area contributed by atoms with E-state index in [1.54, 1.807) is 6.20 Å². The molecular weight excluding hydrogens is 417 g/mol. The van der Waals surface area contributed by atoms with Gasteiger partial charge in [0.05, 0.1) is 24.8 Å². The Balaban J connectivity index is 1.38. The molecule has 4 aromatic rings. The maximum absolute atomic E-state index is 14.5. The minimum Gasteiger partial charge on any atom is -0.378 e. The van der Waals surface area contributed by atoms with Crippen molar-refractivity contribution in [3.05, 3.63) is 78.2 Å². The van der Waals surface area contributed by atoms with Crippen LogP contribution in [0.5, 0.6) is 0 Å². The number of aromatic nitrogens is 1. The van der Waals surface area contributed by atoms with Crippen LogP contribution in [0.3, 0.4) is 0 Å². The van der Waals surface area contributed by atoms with Gasteiger partial charge in [0.1, 0.15) is 5.82 Å². The van der Waals surface area contributed by atoms with E-state index in [4.69, 9.17) is 4.74 Å². The number of carbonyl (C=O) groups is 1. The Morgan fingerprint density at radius 1 is 0.909 bits per heavy atom. The molecule has 2 aliphatic heterocycles. The fraction of sp³-hybridized carbons (Fsp3) is 0.259. The van der Waals surface area contributed by atoms with Crippen molar-refractivity contribution in [3.63, 3.8) is 0 Å². The highest BCUT2D eigenvalue weighted by Crippen LogP contribution is 2.35. The average molecular weight is 442 g/mol. The molecule has 3 heterocycles. The molecule has 6 rings (SSSR count). The van der Waals surface area contributed by atoms with E-state index in [2.05, 4.69) is 9.88 Å². The number of hydrogen-bond donors (Lipinski definition) is 0. The summed E-state index contributed by atoms with van der Waals surface area (Å²) in [6.45, 7) is 4.76. The molecule has 166 valence electrons. The standard InChI is InChI=1S/C27H24FN3O2/c28-19-14-18-4-3-9-29-26(18)25(15-19)23-7-1-6-22-21(23)5-2-8-24(22)27(32)31-12-10-30(11-13-31)20-16-33-17-20/h1-9,14-15,20H,10-13,16-17H2. The molecule has 0 N–H and O–H groups in total. The minimum atomic E-state index is -0.301. The average Bonchev–Trinajstić information content (AvgIpc) is 2.82. The monoisotopic (exact) mass is 441 g/mol. The van der Waals surface area contributed by atoms with Crippen LogP contribution in [-0.4, -0.2) is 66.1 Å². The van der Waals surface area contributed by atoms with Crippen molar-refractivity contribution in [1.82, 2.24) is 14.8 Å². The third-order valence-corrected chi connectivity index (χ3v) is 6.85. The Labute approximate surface area is 191 Å². The van der Waals surface area contributed by atoms with Crippen LogP contribution in [0.15, 0.2) is 66.9 Å². The van der Waals surface area contributed by atoms with Crippen LogP contribution in [0, 0.1) is 5.82 Å². The molecule has 1 aromatic heterocycles. The van der Waals surface area contributed by atoms with Gasteiger partial charge in [0.25, 0.3) is 5.91 Å². The highest BCUT2D eigenvalue weighted by atomic mass is 19.1. The van der Waals surface area contributed by atoms with Gasteiger partial charge in [0.2, 0.25) is 0 Å². The second-order valence-corrected chi connectivity index (χ2v) is 8.75. The molecular formula is C27H24FN3O2. The topological polar surface area (TPSA) is 45.7 Å². The first kappa shape index (κ1) is 20.3. The summed E-state index contributed by atoms with van der Waals surface area (Å²) >= 11 is 0. The zero-order valence-corrected chi connectivity index (χ0v) is 18.2. The van der Waals surface area contributed by atoms with Crippen LogP contribution < -0.4 is 0 Å². The molecule has 1 amide bonds. The lowest BCUT2D eigenvalue weighted by atomic mass is 9.93. The maximum Gasteiger partial charge on any atom is 0.254 e. The van der Waals surface area contributed by atoms with Crippen molar-refractivity contribution in [3.8, 4) is 11.1 Å². The molecule has 2 aliphatic rings. The van der Waals surface area contributed by atoms with Crippen LogP contribution in [-0.2, 0) is 4.74 Å². The number of rotatable bonds is 3. The molecule has 0 aliphatic carbocycles. The highest BCUT2D eigenvalue weighted by Gasteiger charge is 2.30. The van der Waals surface area contributed by atoms with E-state index < -0.39 is 0 Å². The number of piperazine rings is 1. The van der Waals surface area contributed by atoms with Crippen molar-refractivity contribution in [1.29, 1.82) is 0 Å². The molecule has 0 spiro atoms. The van der Waals surface area contributed by atoms with E-state index in [9.17, 15) is 9.18 Å². The van der Waals surface area contributed by atoms with Gasteiger partial charge in [-0.25, -0.2) is 4.39 Å². The Bertz CT molecular complexity index is 1360. The van der Waals surface area contributed by atoms with Crippen LogP contribution >= 0.6 is 0 Å². The quantitative estimate of drug-likeness (QED) is 0.474. The highest BCUT2D eigenvalue weighted by molar-refractivity contribution is 6.12. The normalized spacial score (nSPS) is 17.4. The first-order chi connectivity index (χ1) is 16.2. The van der Waals surface area contributed by atoms with Crippen molar-refractivity contribution in [2.45, 2.75) is 6.04 Å². The second-order valence-electron chi connectivity index (χ2n) is 8.75. The Hall–Kier alpha value is -3.35. The molecule has 6 heteroatoms. The van der Waals surface area contributed by atoms with Crippen LogP contribution in [0.2, 0.25) is 0 Å². The van der Waals surface area contributed by atoms with E-state index in [1.807, 2.05) is 53.4 Å². The summed E-state index contributed by atoms with van der Waals surface area (Å²) in [5, 5.41) is 2.56. The lowest BCUT2D eigenvalue weighted by Crippen LogP contribution is -2.57. The molecule has 5 nitrogen and oxygen atoms in total. The molecule has 0 saturated carbocycles. The third-order valence-electron chi connectivity index (χ3n) is 6.85. The largest absolute Gasteiger partial charge is 0.378 e. The summed E-state index contributed by atoms with van der Waals surface area (Å²) in [4.78, 5) is 22.4. The van der Waals surface area contributed by atoms with E-state index in [0.29, 0.717) is 24.7 Å². The number of hydrogen-bond acceptors (Lipinski definition) is 4. The number of halogens is 1. The summed E-state index contributed by atoms with van der Waals surface area (Å²) in [5.41, 5.74) is 3.04. The van der Waals surface area contributed by atoms with Crippen LogP contribution in [0.1, 0.15) is 10.4 Å². The van der Waals surface area contributed by atoms with Gasteiger partial charge in [0.15, 0.2) is 0 Å². The van der Waals surface area contributed by atoms with Gasteiger partial charge in [-0.1, -0.05) is 36.4 Å². The molecule has 0 radical (unpaired) electrons. The van der Waals surface area contributed by atoms with Gasteiger partial charge >= 0.3 is 0 Å². The fourth-order valence-electron chi connectivity index (χ4n) is 4.99. The van der Waals surface area contributed by atoms with Crippen molar-refractivity contribution in [2.24, 2.45) is 0 Å². The molecule has 0 unspecified atom stereocenters. The predicted molar refractivity (Wildman–Crippen MR) is 127 cm³/mol. The SMILES string of the molecule is O=C(c1cccc2c(-c3cc(F)cc4cccnc34)cccc12)N1CCN(C2COC2)CC1. The van der Waals surface area contributed by atoms with Crippen molar-refractivity contribution in [2.75, 3.05) is 39.4 Å². The van der Waals surface area contributed by atoms with Gasteiger partial charge in [-0.2, -0.15) is 0 Å². The smallest absolute Gasteiger partial charge is 0.254 e. The Kier molecular flexibility index (Phi) is 5.04. The lowest BCUT2D eigenvalue weighted by Gasteiger charge is -2.42. The van der Waals surface area contributed by atoms with Gasteiger partial charge < -0.3 is 9.64 Å². The molecule has 2 fully saturated rings. The second kappa shape index (κ2) is 8.21. The summed E-state index contributed by atoms with van der Waals surface area (Å²) in [6.07, 6.45) is 1.72. The zero-order chi connectivity index (χ0) is 22.4. The number of ether oxygens (including phenoxy) is 1. The third kappa shape index (κ3) is 3.56. The first-order valence-electron chi connectivity index (χ1n) is 11.4. The van der Waals surface area contributed by atoms with E-state index in [1.165, 1.54) is 12.1 Å². The molecule has 2 saturated heterocycles. The predicted octanol–water partition coefficient (Wildman–Crippen LogP) is 4.35. The lowest BCUT2D eigenvalue weighted by molar-refractivity contribution is -0.0746. The van der Waals surface area contributed by atoms with E-state index >= 15 is 0 Å². The summed E-state index contributed by atoms with van der Waals surface area (Å²) in [6, 6.07) is 18.9. The number of amides is 1. The number of carbonyl (C=O) groups excluding carboxylic acids is 1. The molecule has 0 atom stereocenters. The zero-order valence-electron chi connectivity index (χ0n) is 18.2. The summed E-state index contributed by atoms with van der Waals surface area (Å²) in [5.74, 6) is -0.256. The fourth-order valence-corrected chi connectivity index (χ4v) is 4.99. The number of benzene rings is 3. The van der Waals surface area contributed by atoms with Crippen LogP contribution in [0.4, 0.5) is 4.39 Å². The van der Waals surface area contributed by atoms with E-state index in [-0.39, 0.29) is 11.7 Å². The Morgan fingerprint density at radius 3 is 2.48 bits per heavy atom. The van der Waals surface area contributed by atoms with Crippen molar-refractivity contribution < 1.29 is 13.9 Å². The van der Waals surface area contributed by atoms with Crippen molar-refractivity contribution >= 4 is 27.6 Å². The van der Waals surface area contributed by atoms with E-state index in [0.717, 1.165) is 59.1 Å². The van der Waals surface area contributed by atoms with Gasteiger partial charge in [-0.05, 0) is 40.6 Å². The summed E-state index contributed by atoms with van der Waals surface area (Å²) < 4.78 is 19.8. The summed E-state index contributed by atoms with van der Waals surface area (Å²) in [7, 11) is 0. The Morgan fingerprint density at radius 2 is 1.70 bits per heavy atom. The van der Waals surface area contributed by atoms with Gasteiger partial charge in [-0.3, -0.25) is 14.7 Å². The van der Waals surface area contributed by atoms with Crippen LogP contribution in [0.25, 0.3) is 32.8 Å². The molecule has 3 aromatic carbocycles. The number of pyridine rings is 1. The van der Waals surface area contributed by atoms with Gasteiger partial charge in [0, 0.05) is 48.9 Å². The maximum atomic E-state index is 14.5. The molecule has 33 heavy (non-hydrogen) atoms. The van der Waals surface area contributed by atoms with Gasteiger partial charge in [-0.15, -0.1) is 0 Å². The number of fused-ring (bicyclic) bond motifs is 2.